The highest BCUT2D eigenvalue weighted by atomic mass is 19.1. The topological polar surface area (TPSA) is 55.4 Å². The standard InChI is InChI=1S/C16H18FNO3/c1-14(2)15(3)8-9-16(14,21-13(15)20)12(19)18-11-7-5-4-6-10(11)17/h4-7H,8-9H2,1-3H3,(H,18,19). The van der Waals surface area contributed by atoms with Gasteiger partial charge in [0, 0.05) is 5.41 Å². The highest BCUT2D eigenvalue weighted by Crippen LogP contribution is 2.65. The number of anilines is 1. The van der Waals surface area contributed by atoms with Crippen molar-refractivity contribution in [2.45, 2.75) is 39.2 Å². The molecular formula is C16H18FNO3. The van der Waals surface area contributed by atoms with Crippen molar-refractivity contribution in [1.29, 1.82) is 0 Å². The maximum atomic E-state index is 13.7. The zero-order valence-electron chi connectivity index (χ0n) is 12.3. The third-order valence-corrected chi connectivity index (χ3v) is 5.57. The van der Waals surface area contributed by atoms with Crippen LogP contribution in [0.5, 0.6) is 0 Å². The van der Waals surface area contributed by atoms with Gasteiger partial charge in [0.25, 0.3) is 5.91 Å². The number of amides is 1. The molecule has 1 aromatic carbocycles. The van der Waals surface area contributed by atoms with Crippen LogP contribution in [0, 0.1) is 16.6 Å². The molecule has 1 aromatic rings. The summed E-state index contributed by atoms with van der Waals surface area (Å²) in [6.45, 7) is 5.57. The molecule has 1 N–H and O–H groups in total. The number of fused-ring (bicyclic) bond motifs is 2. The van der Waals surface area contributed by atoms with Crippen molar-refractivity contribution in [3.05, 3.63) is 30.1 Å². The van der Waals surface area contributed by atoms with Gasteiger partial charge in [-0.3, -0.25) is 9.59 Å². The molecule has 3 rings (SSSR count). The summed E-state index contributed by atoms with van der Waals surface area (Å²) < 4.78 is 19.2. The number of rotatable bonds is 2. The van der Waals surface area contributed by atoms with E-state index in [2.05, 4.69) is 5.32 Å². The fourth-order valence-electron chi connectivity index (χ4n) is 3.53. The number of ether oxygens (including phenoxy) is 1. The van der Waals surface area contributed by atoms with E-state index in [1.807, 2.05) is 20.8 Å². The van der Waals surface area contributed by atoms with E-state index in [9.17, 15) is 14.0 Å². The minimum absolute atomic E-state index is 0.101. The van der Waals surface area contributed by atoms with E-state index in [1.54, 1.807) is 12.1 Å². The van der Waals surface area contributed by atoms with Crippen LogP contribution in [0.25, 0.3) is 0 Å². The summed E-state index contributed by atoms with van der Waals surface area (Å²) in [5.41, 5.74) is -2.42. The first-order valence-electron chi connectivity index (χ1n) is 7.04. The molecule has 4 nitrogen and oxygen atoms in total. The summed E-state index contributed by atoms with van der Waals surface area (Å²) in [4.78, 5) is 24.8. The third kappa shape index (κ3) is 1.54. The summed E-state index contributed by atoms with van der Waals surface area (Å²) in [5, 5.41) is 2.57. The molecule has 1 saturated heterocycles. The Kier molecular flexibility index (Phi) is 2.71. The van der Waals surface area contributed by atoms with Crippen LogP contribution in [0.3, 0.4) is 0 Å². The first kappa shape index (κ1) is 14.0. The minimum atomic E-state index is -1.22. The lowest BCUT2D eigenvalue weighted by atomic mass is 9.66. The van der Waals surface area contributed by atoms with E-state index in [0.29, 0.717) is 12.8 Å². The van der Waals surface area contributed by atoms with Crippen LogP contribution < -0.4 is 5.32 Å². The van der Waals surface area contributed by atoms with E-state index in [-0.39, 0.29) is 11.7 Å². The average molecular weight is 291 g/mol. The van der Waals surface area contributed by atoms with Crippen LogP contribution in [0.1, 0.15) is 33.6 Å². The van der Waals surface area contributed by atoms with Crippen molar-refractivity contribution < 1.29 is 18.7 Å². The predicted octanol–water partition coefficient (Wildman–Crippen LogP) is 2.89. The second kappa shape index (κ2) is 4.06. The van der Waals surface area contributed by atoms with E-state index < -0.39 is 28.2 Å². The lowest BCUT2D eigenvalue weighted by Crippen LogP contribution is -2.50. The Morgan fingerprint density at radius 1 is 1.24 bits per heavy atom. The Morgan fingerprint density at radius 3 is 2.43 bits per heavy atom. The molecule has 1 amide bonds. The van der Waals surface area contributed by atoms with E-state index in [4.69, 9.17) is 4.74 Å². The van der Waals surface area contributed by atoms with Crippen LogP contribution in [-0.2, 0) is 14.3 Å². The van der Waals surface area contributed by atoms with Gasteiger partial charge in [-0.2, -0.15) is 0 Å². The maximum absolute atomic E-state index is 13.7. The van der Waals surface area contributed by atoms with Crippen LogP contribution in [0.15, 0.2) is 24.3 Å². The normalized spacial score (nSPS) is 32.9. The lowest BCUT2D eigenvalue weighted by Gasteiger charge is -2.35. The van der Waals surface area contributed by atoms with Crippen molar-refractivity contribution in [2.24, 2.45) is 10.8 Å². The molecule has 2 bridgehead atoms. The number of para-hydroxylation sites is 1. The van der Waals surface area contributed by atoms with E-state index >= 15 is 0 Å². The predicted molar refractivity (Wildman–Crippen MR) is 75.0 cm³/mol. The Morgan fingerprint density at radius 2 is 1.90 bits per heavy atom. The van der Waals surface area contributed by atoms with Gasteiger partial charge in [-0.15, -0.1) is 0 Å². The number of nitrogens with one attached hydrogen (secondary N) is 1. The number of carbonyl (C=O) groups is 2. The molecule has 0 spiro atoms. The highest BCUT2D eigenvalue weighted by molar-refractivity contribution is 6.03. The number of hydrogen-bond acceptors (Lipinski definition) is 3. The first-order chi connectivity index (χ1) is 9.74. The molecule has 2 fully saturated rings. The van der Waals surface area contributed by atoms with Gasteiger partial charge in [0.15, 0.2) is 5.60 Å². The zero-order chi connectivity index (χ0) is 15.5. The van der Waals surface area contributed by atoms with Crippen LogP contribution in [0.4, 0.5) is 10.1 Å². The van der Waals surface area contributed by atoms with E-state index in [1.165, 1.54) is 12.1 Å². The molecule has 1 heterocycles. The lowest BCUT2D eigenvalue weighted by molar-refractivity contribution is -0.165. The third-order valence-electron chi connectivity index (χ3n) is 5.57. The van der Waals surface area contributed by atoms with Gasteiger partial charge in [0.1, 0.15) is 5.82 Å². The van der Waals surface area contributed by atoms with Gasteiger partial charge in [-0.05, 0) is 31.9 Å². The molecule has 5 heteroatoms. The Hall–Kier alpha value is -1.91. The van der Waals surface area contributed by atoms with E-state index in [0.717, 1.165) is 0 Å². The van der Waals surface area contributed by atoms with Crippen molar-refractivity contribution in [3.63, 3.8) is 0 Å². The minimum Gasteiger partial charge on any atom is -0.448 e. The van der Waals surface area contributed by atoms with Gasteiger partial charge in [0.05, 0.1) is 11.1 Å². The van der Waals surface area contributed by atoms with Crippen LogP contribution in [0.2, 0.25) is 0 Å². The molecule has 1 aliphatic carbocycles. The van der Waals surface area contributed by atoms with Gasteiger partial charge >= 0.3 is 5.97 Å². The van der Waals surface area contributed by atoms with Gasteiger partial charge in [0.2, 0.25) is 0 Å². The molecule has 1 aliphatic heterocycles. The first-order valence-corrected chi connectivity index (χ1v) is 7.04. The molecule has 1 saturated carbocycles. The summed E-state index contributed by atoms with van der Waals surface area (Å²) in [6, 6.07) is 5.95. The number of esters is 1. The Labute approximate surface area is 122 Å². The second-order valence-corrected chi connectivity index (χ2v) is 6.61. The summed E-state index contributed by atoms with van der Waals surface area (Å²) in [5.74, 6) is -1.31. The summed E-state index contributed by atoms with van der Waals surface area (Å²) in [6.07, 6.45) is 1.06. The van der Waals surface area contributed by atoms with Crippen molar-refractivity contribution in [1.82, 2.24) is 0 Å². The molecule has 112 valence electrons. The van der Waals surface area contributed by atoms with Crippen molar-refractivity contribution >= 4 is 17.6 Å². The van der Waals surface area contributed by atoms with Crippen LogP contribution >= 0.6 is 0 Å². The highest BCUT2D eigenvalue weighted by Gasteiger charge is 2.75. The number of carbonyl (C=O) groups excluding carboxylic acids is 2. The molecule has 0 aromatic heterocycles. The quantitative estimate of drug-likeness (QED) is 0.852. The Bertz CT molecular complexity index is 642. The van der Waals surface area contributed by atoms with Gasteiger partial charge in [-0.25, -0.2) is 4.39 Å². The van der Waals surface area contributed by atoms with Crippen LogP contribution in [-0.4, -0.2) is 17.5 Å². The number of hydrogen-bond donors (Lipinski definition) is 1. The SMILES string of the molecule is CC12CCC(C(=O)Nc3ccccc3F)(OC1=O)C2(C)C. The Balaban J connectivity index is 1.96. The summed E-state index contributed by atoms with van der Waals surface area (Å²) >= 11 is 0. The molecule has 2 unspecified atom stereocenters. The molecule has 21 heavy (non-hydrogen) atoms. The fourth-order valence-corrected chi connectivity index (χ4v) is 3.53. The zero-order valence-corrected chi connectivity index (χ0v) is 12.3. The van der Waals surface area contributed by atoms with Gasteiger partial charge in [-0.1, -0.05) is 26.0 Å². The fraction of sp³-hybridized carbons (Fsp3) is 0.500. The van der Waals surface area contributed by atoms with Crippen molar-refractivity contribution in [2.75, 3.05) is 5.32 Å². The largest absolute Gasteiger partial charge is 0.448 e. The average Bonchev–Trinajstić information content (AvgIpc) is 2.72. The number of halogens is 1. The monoisotopic (exact) mass is 291 g/mol. The molecule has 2 aliphatic rings. The molecular weight excluding hydrogens is 273 g/mol. The second-order valence-electron chi connectivity index (χ2n) is 6.61. The number of benzene rings is 1. The van der Waals surface area contributed by atoms with Crippen molar-refractivity contribution in [3.8, 4) is 0 Å². The molecule has 0 radical (unpaired) electrons. The maximum Gasteiger partial charge on any atom is 0.313 e. The molecule has 2 atom stereocenters. The van der Waals surface area contributed by atoms with Gasteiger partial charge < -0.3 is 10.1 Å². The smallest absolute Gasteiger partial charge is 0.313 e. The summed E-state index contributed by atoms with van der Waals surface area (Å²) in [7, 11) is 0.